The van der Waals surface area contributed by atoms with Gasteiger partial charge in [-0.2, -0.15) is 0 Å². The Morgan fingerprint density at radius 3 is 2.32 bits per heavy atom. The fourth-order valence-corrected chi connectivity index (χ4v) is 7.42. The van der Waals surface area contributed by atoms with E-state index >= 15 is 0 Å². The van der Waals surface area contributed by atoms with Gasteiger partial charge in [-0.05, 0) is 66.6 Å². The molecular formula is C17H24F3ORf-. The average molecular weight is 568 g/mol. The van der Waals surface area contributed by atoms with Gasteiger partial charge in [0.05, 0.1) is 0 Å². The van der Waals surface area contributed by atoms with Gasteiger partial charge in [0.2, 0.25) is 0 Å². The zero-order chi connectivity index (χ0) is 15.2. The molecule has 0 spiro atoms. The number of rotatable bonds is 2. The molecule has 0 aromatic rings. The van der Waals surface area contributed by atoms with Gasteiger partial charge < -0.3 is 5.11 Å². The maximum Gasteiger partial charge on any atom is 0.294 e. The molecule has 1 N–H and O–H groups in total. The maximum atomic E-state index is 12.7. The van der Waals surface area contributed by atoms with Crippen LogP contribution in [0.4, 0.5) is 13.2 Å². The van der Waals surface area contributed by atoms with E-state index in [1.54, 1.807) is 0 Å². The smallest absolute Gasteiger partial charge is 0.294 e. The molecule has 122 valence electrons. The van der Waals surface area contributed by atoms with Crippen LogP contribution in [0.15, 0.2) is 0 Å². The van der Waals surface area contributed by atoms with E-state index in [2.05, 4.69) is 13.8 Å². The maximum absolute atomic E-state index is 12.7. The summed E-state index contributed by atoms with van der Waals surface area (Å²) < 4.78 is 38.1. The second kappa shape index (κ2) is 4.18. The normalized spacial score (nSPS) is 52.2. The van der Waals surface area contributed by atoms with E-state index in [9.17, 15) is 18.3 Å². The van der Waals surface area contributed by atoms with E-state index in [4.69, 9.17) is 0 Å². The van der Waals surface area contributed by atoms with Crippen molar-refractivity contribution in [1.29, 1.82) is 0 Å². The van der Waals surface area contributed by atoms with Crippen LogP contribution in [0.2, 0.25) is 0 Å². The molecule has 4 aliphatic rings. The van der Waals surface area contributed by atoms with Crippen molar-refractivity contribution in [3.8, 4) is 0 Å². The van der Waals surface area contributed by atoms with Gasteiger partial charge in [0.25, 0.3) is 6.18 Å². The molecule has 4 rings (SSSR count). The Bertz CT molecular complexity index is 467. The number of aliphatic hydroxyl groups is 1. The Morgan fingerprint density at radius 2 is 1.73 bits per heavy atom. The first-order valence-electron chi connectivity index (χ1n) is 8.27. The van der Waals surface area contributed by atoms with Crippen LogP contribution in [-0.2, 0) is 0 Å². The van der Waals surface area contributed by atoms with Crippen LogP contribution in [0.3, 0.4) is 0 Å². The minimum absolute atomic E-state index is 0. The van der Waals surface area contributed by atoms with Crippen LogP contribution < -0.4 is 0 Å². The number of fused-ring (bicyclic) bond motifs is 9. The third-order valence-corrected chi connectivity index (χ3v) is 7.68. The molecule has 1 nitrogen and oxygen atoms in total. The average Bonchev–Trinajstić information content (AvgIpc) is 3.04. The van der Waals surface area contributed by atoms with E-state index in [1.165, 1.54) is 19.3 Å². The first-order valence-corrected chi connectivity index (χ1v) is 8.27. The summed E-state index contributed by atoms with van der Waals surface area (Å²) in [5.41, 5.74) is 0.230. The molecule has 4 aliphatic carbocycles. The van der Waals surface area contributed by atoms with E-state index < -0.39 is 12.3 Å². The summed E-state index contributed by atoms with van der Waals surface area (Å²) in [7, 11) is 0. The van der Waals surface area contributed by atoms with Gasteiger partial charge in [0.1, 0.15) is 0 Å². The van der Waals surface area contributed by atoms with Gasteiger partial charge in [-0.1, -0.05) is 25.9 Å². The number of aliphatic hydroxyl groups excluding tert-OH is 1. The van der Waals surface area contributed by atoms with Crippen LogP contribution in [-0.4, -0.2) is 11.3 Å². The Balaban J connectivity index is 0.00000144. The molecule has 0 aromatic carbocycles. The summed E-state index contributed by atoms with van der Waals surface area (Å²) in [4.78, 5) is 0. The molecule has 0 heterocycles. The van der Waals surface area contributed by atoms with Crippen LogP contribution in [0, 0.1) is 46.5 Å². The third kappa shape index (κ3) is 1.71. The van der Waals surface area contributed by atoms with Gasteiger partial charge in [-0.3, -0.25) is 0 Å². The SMILES string of the molecule is CC12CC(C[C-](O)C(F)(F)F)C(C)(C1)C1C3CCC(C3)C12.[Rf]. The van der Waals surface area contributed by atoms with Crippen LogP contribution >= 0.6 is 0 Å². The van der Waals surface area contributed by atoms with Crippen molar-refractivity contribution >= 4 is 0 Å². The molecular weight excluding hydrogens is 544 g/mol. The minimum Gasteiger partial charge on any atom is -0.554 e. The molecule has 7 unspecified atom stereocenters. The topological polar surface area (TPSA) is 20.2 Å². The fraction of sp³-hybridized carbons (Fsp3) is 0.941. The number of halogens is 3. The fourth-order valence-electron chi connectivity index (χ4n) is 7.42. The van der Waals surface area contributed by atoms with Gasteiger partial charge in [-0.15, -0.1) is 6.42 Å². The molecule has 5 heteroatoms. The molecule has 4 saturated carbocycles. The number of alkyl halides is 3. The first-order chi connectivity index (χ1) is 9.65. The molecule has 7 atom stereocenters. The van der Waals surface area contributed by atoms with Crippen molar-refractivity contribution in [1.82, 2.24) is 0 Å². The summed E-state index contributed by atoms with van der Waals surface area (Å²) in [5, 5.41) is 9.44. The van der Waals surface area contributed by atoms with Crippen LogP contribution in [0.25, 0.3) is 0 Å². The predicted molar refractivity (Wildman–Crippen MR) is 72.6 cm³/mol. The largest absolute Gasteiger partial charge is 0.554 e. The zero-order valence-electron chi connectivity index (χ0n) is 13.4. The van der Waals surface area contributed by atoms with E-state index in [0.717, 1.165) is 30.6 Å². The molecule has 22 heavy (non-hydrogen) atoms. The van der Waals surface area contributed by atoms with Crippen molar-refractivity contribution < 1.29 is 18.3 Å². The van der Waals surface area contributed by atoms with Gasteiger partial charge in [-0.25, -0.2) is 13.2 Å². The van der Waals surface area contributed by atoms with Gasteiger partial charge >= 0.3 is 0 Å². The first kappa shape index (κ1) is 15.6. The molecule has 0 aliphatic heterocycles. The van der Waals surface area contributed by atoms with Crippen molar-refractivity contribution in [3.63, 3.8) is 0 Å². The molecule has 0 aromatic heterocycles. The van der Waals surface area contributed by atoms with Crippen molar-refractivity contribution in [3.05, 3.63) is 6.10 Å². The molecule has 4 bridgehead atoms. The molecule has 0 amide bonds. The molecule has 4 fully saturated rings. The molecule has 0 radical (unpaired) electrons. The summed E-state index contributed by atoms with van der Waals surface area (Å²) in [6.45, 7) is 4.53. The van der Waals surface area contributed by atoms with Crippen molar-refractivity contribution in [2.45, 2.75) is 58.5 Å². The second-order valence-electron chi connectivity index (χ2n) is 8.77. The predicted octanol–water partition coefficient (Wildman–Crippen LogP) is 4.94. The Labute approximate surface area is 124 Å². The Kier molecular flexibility index (Phi) is 2.97. The number of hydrogen-bond donors (Lipinski definition) is 1. The molecule has 0 saturated heterocycles. The standard InChI is InChI=1S/C17H24F3O.Rf/c1-15-7-11(6-12(21)17(18,19)20)16(2,8-15)14-10-4-3-9(5-10)13(14)15;/h9-11,13-14,21H,3-8H2,1-2H3;/q-1;. The van der Waals surface area contributed by atoms with Gasteiger partial charge in [0, 0.05) is 0 Å². The summed E-state index contributed by atoms with van der Waals surface area (Å²) in [6.07, 6.45) is -0.122. The summed E-state index contributed by atoms with van der Waals surface area (Å²) >= 11 is 0. The Hall–Kier alpha value is -1.25. The number of hydrogen-bond acceptors (Lipinski definition) is 1. The monoisotopic (exact) mass is 568 g/mol. The van der Waals surface area contributed by atoms with E-state index in [0.29, 0.717) is 5.92 Å². The van der Waals surface area contributed by atoms with Crippen LogP contribution in [0.5, 0.6) is 0 Å². The van der Waals surface area contributed by atoms with Crippen molar-refractivity contribution in [2.75, 3.05) is 0 Å². The quantitative estimate of drug-likeness (QED) is 0.370. The minimum atomic E-state index is -4.55. The van der Waals surface area contributed by atoms with Gasteiger partial charge in [0.15, 0.2) is 0 Å². The van der Waals surface area contributed by atoms with Crippen LogP contribution in [0.1, 0.15) is 52.4 Å². The van der Waals surface area contributed by atoms with E-state index in [-0.39, 0.29) is 23.2 Å². The second-order valence-corrected chi connectivity index (χ2v) is 8.77. The Morgan fingerprint density at radius 1 is 1.14 bits per heavy atom. The summed E-state index contributed by atoms with van der Waals surface area (Å²) in [6, 6.07) is 0. The third-order valence-electron chi connectivity index (χ3n) is 7.68. The van der Waals surface area contributed by atoms with Crippen molar-refractivity contribution in [2.24, 2.45) is 40.4 Å². The zero-order valence-corrected chi connectivity index (χ0v) is 19.8. The summed E-state index contributed by atoms with van der Waals surface area (Å²) in [5.74, 6) is 2.92. The van der Waals surface area contributed by atoms with E-state index in [1.807, 2.05) is 0 Å².